The number of imidazole rings is 1. The molecule has 0 aromatic carbocycles. The first-order valence-electron chi connectivity index (χ1n) is 7.70. The van der Waals surface area contributed by atoms with Crippen molar-refractivity contribution >= 4 is 36.4 Å². The highest BCUT2D eigenvalue weighted by Gasteiger charge is 2.26. The number of aromatic nitrogens is 2. The number of hydrogen-bond acceptors (Lipinski definition) is 3. The standard InChI is InChI=1S/C16H22N4O.2ClH/c1-2-8-20(14-6-7-17-11-14)16(21)10-13-12-19-9-4-3-5-15(19)18-13;;/h3-5,9,12,14,17H,2,6-8,10-11H2,1H3;2*1H. The van der Waals surface area contributed by atoms with Crippen LogP contribution in [0.4, 0.5) is 0 Å². The molecule has 128 valence electrons. The zero-order valence-corrected chi connectivity index (χ0v) is 14.9. The number of amides is 1. The van der Waals surface area contributed by atoms with Gasteiger partial charge in [0, 0.05) is 31.5 Å². The number of nitrogens with zero attached hydrogens (tertiary/aromatic N) is 3. The number of carbonyl (C=O) groups excluding carboxylic acids is 1. The van der Waals surface area contributed by atoms with Crippen molar-refractivity contribution in [2.24, 2.45) is 0 Å². The van der Waals surface area contributed by atoms with Crippen molar-refractivity contribution in [3.63, 3.8) is 0 Å². The molecule has 1 aliphatic heterocycles. The maximum absolute atomic E-state index is 12.6. The van der Waals surface area contributed by atoms with Gasteiger partial charge in [0.2, 0.25) is 5.91 Å². The van der Waals surface area contributed by atoms with Crippen LogP contribution in [0.25, 0.3) is 5.65 Å². The summed E-state index contributed by atoms with van der Waals surface area (Å²) in [5, 5.41) is 3.34. The molecule has 2 aromatic heterocycles. The van der Waals surface area contributed by atoms with Gasteiger partial charge in [0.1, 0.15) is 5.65 Å². The van der Waals surface area contributed by atoms with Crippen molar-refractivity contribution in [1.29, 1.82) is 0 Å². The van der Waals surface area contributed by atoms with Crippen LogP contribution in [0.3, 0.4) is 0 Å². The Labute approximate surface area is 149 Å². The number of hydrogen-bond donors (Lipinski definition) is 1. The number of pyridine rings is 1. The van der Waals surface area contributed by atoms with Gasteiger partial charge in [-0.15, -0.1) is 24.8 Å². The van der Waals surface area contributed by atoms with Crippen molar-refractivity contribution in [2.75, 3.05) is 19.6 Å². The summed E-state index contributed by atoms with van der Waals surface area (Å²) in [7, 11) is 0. The van der Waals surface area contributed by atoms with Crippen LogP contribution in [0, 0.1) is 0 Å². The van der Waals surface area contributed by atoms with E-state index in [2.05, 4.69) is 17.2 Å². The van der Waals surface area contributed by atoms with Gasteiger partial charge in [0.25, 0.3) is 0 Å². The van der Waals surface area contributed by atoms with Gasteiger partial charge in [0.15, 0.2) is 0 Å². The fraction of sp³-hybridized carbons (Fsp3) is 0.500. The molecule has 0 spiro atoms. The molecule has 3 rings (SSSR count). The molecule has 1 amide bonds. The van der Waals surface area contributed by atoms with Gasteiger partial charge in [-0.05, 0) is 31.5 Å². The topological polar surface area (TPSA) is 49.6 Å². The molecule has 1 aliphatic rings. The quantitative estimate of drug-likeness (QED) is 0.892. The third-order valence-corrected chi connectivity index (χ3v) is 4.01. The Bertz CT molecular complexity index is 592. The highest BCUT2D eigenvalue weighted by atomic mass is 35.5. The lowest BCUT2D eigenvalue weighted by molar-refractivity contribution is -0.132. The second-order valence-electron chi connectivity index (χ2n) is 5.61. The normalized spacial score (nSPS) is 16.7. The van der Waals surface area contributed by atoms with Crippen LogP contribution >= 0.6 is 24.8 Å². The van der Waals surface area contributed by atoms with E-state index in [1.807, 2.05) is 39.9 Å². The molecule has 23 heavy (non-hydrogen) atoms. The minimum Gasteiger partial charge on any atom is -0.338 e. The fourth-order valence-corrected chi connectivity index (χ4v) is 2.99. The predicted octanol–water partition coefficient (Wildman–Crippen LogP) is 2.32. The summed E-state index contributed by atoms with van der Waals surface area (Å²) in [6.45, 7) is 4.87. The Hall–Kier alpha value is -1.30. The fourth-order valence-electron chi connectivity index (χ4n) is 2.99. The largest absolute Gasteiger partial charge is 0.338 e. The number of carbonyl (C=O) groups is 1. The van der Waals surface area contributed by atoms with Gasteiger partial charge < -0.3 is 14.6 Å². The van der Waals surface area contributed by atoms with E-state index in [1.54, 1.807) is 0 Å². The van der Waals surface area contributed by atoms with E-state index in [-0.39, 0.29) is 30.7 Å². The zero-order valence-electron chi connectivity index (χ0n) is 13.3. The van der Waals surface area contributed by atoms with Crippen LogP contribution in [0.5, 0.6) is 0 Å². The first kappa shape index (κ1) is 19.7. The summed E-state index contributed by atoms with van der Waals surface area (Å²) < 4.78 is 1.96. The lowest BCUT2D eigenvalue weighted by atomic mass is 10.2. The molecule has 1 atom stereocenters. The second-order valence-corrected chi connectivity index (χ2v) is 5.61. The van der Waals surface area contributed by atoms with Crippen LogP contribution < -0.4 is 5.32 Å². The molecule has 1 N–H and O–H groups in total. The number of halogens is 2. The smallest absolute Gasteiger partial charge is 0.228 e. The lowest BCUT2D eigenvalue weighted by Crippen LogP contribution is -2.42. The minimum atomic E-state index is 0. The van der Waals surface area contributed by atoms with Crippen LogP contribution in [0.1, 0.15) is 25.5 Å². The van der Waals surface area contributed by atoms with Crippen molar-refractivity contribution in [3.8, 4) is 0 Å². The Balaban J connectivity index is 0.00000132. The SMILES string of the molecule is CCCN(C(=O)Cc1cn2ccccc2n1)C1CCNC1.Cl.Cl. The highest BCUT2D eigenvalue weighted by Crippen LogP contribution is 2.13. The van der Waals surface area contributed by atoms with E-state index in [4.69, 9.17) is 0 Å². The predicted molar refractivity (Wildman–Crippen MR) is 96.7 cm³/mol. The third kappa shape index (κ3) is 4.59. The molecule has 1 fully saturated rings. The highest BCUT2D eigenvalue weighted by molar-refractivity contribution is 5.85. The van der Waals surface area contributed by atoms with Crippen molar-refractivity contribution in [2.45, 2.75) is 32.2 Å². The first-order valence-corrected chi connectivity index (χ1v) is 7.70. The number of fused-ring (bicyclic) bond motifs is 1. The van der Waals surface area contributed by atoms with Gasteiger partial charge >= 0.3 is 0 Å². The van der Waals surface area contributed by atoms with Crippen molar-refractivity contribution in [3.05, 3.63) is 36.3 Å². The maximum Gasteiger partial charge on any atom is 0.228 e. The molecule has 0 radical (unpaired) electrons. The molecule has 2 aromatic rings. The van der Waals surface area contributed by atoms with E-state index in [1.165, 1.54) is 0 Å². The van der Waals surface area contributed by atoms with E-state index in [0.29, 0.717) is 12.5 Å². The summed E-state index contributed by atoms with van der Waals surface area (Å²) in [6.07, 6.45) is 6.34. The Kier molecular flexibility index (Phi) is 7.82. The third-order valence-electron chi connectivity index (χ3n) is 4.01. The summed E-state index contributed by atoms with van der Waals surface area (Å²) in [4.78, 5) is 19.2. The molecule has 5 nitrogen and oxygen atoms in total. The lowest BCUT2D eigenvalue weighted by Gasteiger charge is -2.28. The van der Waals surface area contributed by atoms with Gasteiger partial charge in [-0.1, -0.05) is 13.0 Å². The Morgan fingerprint density at radius 1 is 1.43 bits per heavy atom. The molecule has 3 heterocycles. The average molecular weight is 359 g/mol. The van der Waals surface area contributed by atoms with Crippen molar-refractivity contribution < 1.29 is 4.79 Å². The van der Waals surface area contributed by atoms with Gasteiger partial charge in [0.05, 0.1) is 12.1 Å². The molecule has 7 heteroatoms. The Morgan fingerprint density at radius 2 is 2.26 bits per heavy atom. The molecule has 1 unspecified atom stereocenters. The van der Waals surface area contributed by atoms with Gasteiger partial charge in [-0.3, -0.25) is 4.79 Å². The zero-order chi connectivity index (χ0) is 14.7. The summed E-state index contributed by atoms with van der Waals surface area (Å²) in [6, 6.07) is 6.23. The molecular formula is C16H24Cl2N4O. The molecular weight excluding hydrogens is 335 g/mol. The van der Waals surface area contributed by atoms with Crippen molar-refractivity contribution in [1.82, 2.24) is 19.6 Å². The minimum absolute atomic E-state index is 0. The monoisotopic (exact) mass is 358 g/mol. The van der Waals surface area contributed by atoms with Gasteiger partial charge in [-0.2, -0.15) is 0 Å². The van der Waals surface area contributed by atoms with Crippen LogP contribution in [0.2, 0.25) is 0 Å². The Morgan fingerprint density at radius 3 is 2.91 bits per heavy atom. The van der Waals surface area contributed by atoms with Crippen LogP contribution in [-0.4, -0.2) is 45.9 Å². The molecule has 0 saturated carbocycles. The molecule has 0 bridgehead atoms. The second kappa shape index (κ2) is 9.11. The van der Waals surface area contributed by atoms with E-state index in [0.717, 1.165) is 43.8 Å². The maximum atomic E-state index is 12.6. The van der Waals surface area contributed by atoms with Crippen LogP contribution in [0.15, 0.2) is 30.6 Å². The summed E-state index contributed by atoms with van der Waals surface area (Å²) in [5.41, 5.74) is 1.74. The van der Waals surface area contributed by atoms with Gasteiger partial charge in [-0.25, -0.2) is 4.98 Å². The number of rotatable bonds is 5. The molecule has 1 saturated heterocycles. The summed E-state index contributed by atoms with van der Waals surface area (Å²) >= 11 is 0. The first-order chi connectivity index (χ1) is 10.3. The molecule has 0 aliphatic carbocycles. The number of nitrogens with one attached hydrogen (secondary N) is 1. The average Bonchev–Trinajstić information content (AvgIpc) is 3.13. The van der Waals surface area contributed by atoms with E-state index < -0.39 is 0 Å². The van der Waals surface area contributed by atoms with Crippen LogP contribution in [-0.2, 0) is 11.2 Å². The van der Waals surface area contributed by atoms with E-state index in [9.17, 15) is 4.79 Å². The van der Waals surface area contributed by atoms with E-state index >= 15 is 0 Å². The summed E-state index contributed by atoms with van der Waals surface area (Å²) in [5.74, 6) is 0.189.